The lowest BCUT2D eigenvalue weighted by atomic mass is 10.1. The van der Waals surface area contributed by atoms with Crippen LogP contribution in [0.5, 0.6) is 5.75 Å². The van der Waals surface area contributed by atoms with Crippen LogP contribution in [0.15, 0.2) is 29.6 Å². The van der Waals surface area contributed by atoms with E-state index in [1.165, 1.54) is 0 Å². The number of carbonyl (C=O) groups excluding carboxylic acids is 1. The Morgan fingerprint density at radius 3 is 3.00 bits per heavy atom. The van der Waals surface area contributed by atoms with E-state index >= 15 is 0 Å². The first kappa shape index (κ1) is 11.8. The fourth-order valence-electron chi connectivity index (χ4n) is 1.61. The van der Waals surface area contributed by atoms with Crippen LogP contribution in [0, 0.1) is 0 Å². The Kier molecular flexibility index (Phi) is 3.54. The number of hydrogen-bond donors (Lipinski definition) is 1. The van der Waals surface area contributed by atoms with E-state index in [0.717, 1.165) is 16.3 Å². The second-order valence-corrected chi connectivity index (χ2v) is 4.90. The Morgan fingerprint density at radius 1 is 1.47 bits per heavy atom. The van der Waals surface area contributed by atoms with Gasteiger partial charge in [-0.2, -0.15) is 0 Å². The van der Waals surface area contributed by atoms with Crippen molar-refractivity contribution in [2.45, 2.75) is 19.8 Å². The van der Waals surface area contributed by atoms with Crippen LogP contribution in [-0.2, 0) is 17.6 Å². The number of hydrogen-bond acceptors (Lipinski definition) is 4. The summed E-state index contributed by atoms with van der Waals surface area (Å²) >= 11 is 1.55. The number of aromatic nitrogens is 1. The number of thiazole rings is 1. The van der Waals surface area contributed by atoms with Crippen LogP contribution in [0.2, 0.25) is 0 Å². The van der Waals surface area contributed by atoms with Crippen molar-refractivity contribution in [1.29, 1.82) is 0 Å². The predicted molar refractivity (Wildman–Crippen MR) is 67.4 cm³/mol. The zero-order valence-electron chi connectivity index (χ0n) is 9.51. The topological polar surface area (TPSA) is 50.2 Å². The van der Waals surface area contributed by atoms with Gasteiger partial charge in [0.05, 0.1) is 10.7 Å². The Balaban J connectivity index is 2.08. The first-order valence-electron chi connectivity index (χ1n) is 5.34. The van der Waals surface area contributed by atoms with Gasteiger partial charge in [0, 0.05) is 18.2 Å². The second kappa shape index (κ2) is 5.10. The second-order valence-electron chi connectivity index (χ2n) is 3.96. The maximum absolute atomic E-state index is 11.0. The molecule has 0 amide bonds. The average molecular weight is 247 g/mol. The molecule has 0 aliphatic heterocycles. The third-order valence-corrected chi connectivity index (χ3v) is 3.19. The summed E-state index contributed by atoms with van der Waals surface area (Å²) in [7, 11) is 0. The summed E-state index contributed by atoms with van der Waals surface area (Å²) in [6.45, 7) is 1.56. The molecule has 2 rings (SSSR count). The lowest BCUT2D eigenvalue weighted by molar-refractivity contribution is -0.116. The van der Waals surface area contributed by atoms with E-state index in [1.807, 2.05) is 17.5 Å². The number of benzene rings is 1. The van der Waals surface area contributed by atoms with E-state index < -0.39 is 0 Å². The van der Waals surface area contributed by atoms with Crippen LogP contribution >= 0.6 is 11.3 Å². The summed E-state index contributed by atoms with van der Waals surface area (Å²) in [5.41, 5.74) is 1.85. The highest BCUT2D eigenvalue weighted by Crippen LogP contribution is 2.18. The molecule has 2 aromatic rings. The normalized spacial score (nSPS) is 10.4. The molecule has 0 aliphatic carbocycles. The molecule has 0 unspecified atom stereocenters. The van der Waals surface area contributed by atoms with Crippen LogP contribution in [-0.4, -0.2) is 15.9 Å². The molecule has 0 saturated heterocycles. The highest BCUT2D eigenvalue weighted by Gasteiger charge is 2.05. The van der Waals surface area contributed by atoms with E-state index in [-0.39, 0.29) is 11.5 Å². The van der Waals surface area contributed by atoms with Gasteiger partial charge < -0.3 is 5.11 Å². The van der Waals surface area contributed by atoms with Gasteiger partial charge in [-0.25, -0.2) is 4.98 Å². The molecule has 4 heteroatoms. The van der Waals surface area contributed by atoms with E-state index in [1.54, 1.807) is 30.4 Å². The molecule has 0 fully saturated rings. The molecule has 0 aliphatic rings. The molecule has 0 atom stereocenters. The molecule has 3 nitrogen and oxygen atoms in total. The number of phenols is 1. The average Bonchev–Trinajstić information content (AvgIpc) is 2.64. The van der Waals surface area contributed by atoms with E-state index in [4.69, 9.17) is 0 Å². The van der Waals surface area contributed by atoms with Crippen molar-refractivity contribution >= 4 is 17.1 Å². The smallest absolute Gasteiger partial charge is 0.135 e. The predicted octanol–water partition coefficient (Wildman–Crippen LogP) is 2.57. The van der Waals surface area contributed by atoms with Crippen molar-refractivity contribution in [3.63, 3.8) is 0 Å². The number of phenolic OH excluding ortho intramolecular Hbond substituents is 1. The van der Waals surface area contributed by atoms with Gasteiger partial charge in [-0.3, -0.25) is 4.79 Å². The first-order valence-corrected chi connectivity index (χ1v) is 6.22. The first-order chi connectivity index (χ1) is 8.13. The molecule has 1 N–H and O–H groups in total. The standard InChI is InChI=1S/C13H13NO2S/c1-9(15)5-11-8-17-13(14-11)7-10-3-2-4-12(16)6-10/h2-4,6,8,16H,5,7H2,1H3. The highest BCUT2D eigenvalue weighted by molar-refractivity contribution is 7.09. The van der Waals surface area contributed by atoms with Gasteiger partial charge in [-0.15, -0.1) is 11.3 Å². The highest BCUT2D eigenvalue weighted by atomic mass is 32.1. The van der Waals surface area contributed by atoms with Crippen molar-refractivity contribution in [2.24, 2.45) is 0 Å². The Morgan fingerprint density at radius 2 is 2.29 bits per heavy atom. The number of Topliss-reactive ketones (excluding diaryl/α,β-unsaturated/α-hetero) is 1. The maximum atomic E-state index is 11.0. The number of nitrogens with zero attached hydrogens (tertiary/aromatic N) is 1. The molecule has 0 saturated carbocycles. The molecule has 0 spiro atoms. The lowest BCUT2D eigenvalue weighted by Gasteiger charge is -1.98. The summed E-state index contributed by atoms with van der Waals surface area (Å²) in [6.07, 6.45) is 1.09. The van der Waals surface area contributed by atoms with Crippen LogP contribution in [0.3, 0.4) is 0 Å². The largest absolute Gasteiger partial charge is 0.508 e. The van der Waals surface area contributed by atoms with Gasteiger partial charge in [0.2, 0.25) is 0 Å². The molecule has 88 valence electrons. The summed E-state index contributed by atoms with van der Waals surface area (Å²) in [6, 6.07) is 7.14. The number of aromatic hydroxyl groups is 1. The number of ketones is 1. The van der Waals surface area contributed by atoms with Gasteiger partial charge >= 0.3 is 0 Å². The third-order valence-electron chi connectivity index (χ3n) is 2.30. The van der Waals surface area contributed by atoms with Gasteiger partial charge in [0.15, 0.2) is 0 Å². The Hall–Kier alpha value is -1.68. The molecular formula is C13H13NO2S. The van der Waals surface area contributed by atoms with Crippen molar-refractivity contribution < 1.29 is 9.90 Å². The zero-order valence-corrected chi connectivity index (χ0v) is 10.3. The van der Waals surface area contributed by atoms with Crippen LogP contribution in [0.25, 0.3) is 0 Å². The summed E-state index contributed by atoms with van der Waals surface area (Å²) in [5, 5.41) is 12.2. The van der Waals surface area contributed by atoms with Gasteiger partial charge in [-0.1, -0.05) is 12.1 Å². The molecule has 0 bridgehead atoms. The lowest BCUT2D eigenvalue weighted by Crippen LogP contribution is -1.97. The van der Waals surface area contributed by atoms with E-state index in [0.29, 0.717) is 12.8 Å². The van der Waals surface area contributed by atoms with E-state index in [9.17, 15) is 9.90 Å². The van der Waals surface area contributed by atoms with Crippen molar-refractivity contribution in [3.05, 3.63) is 45.9 Å². The van der Waals surface area contributed by atoms with Crippen molar-refractivity contribution in [1.82, 2.24) is 4.98 Å². The summed E-state index contributed by atoms with van der Waals surface area (Å²) in [4.78, 5) is 15.3. The Labute approximate surface area is 104 Å². The Bertz CT molecular complexity index is 534. The van der Waals surface area contributed by atoms with Crippen LogP contribution in [0.1, 0.15) is 23.2 Å². The maximum Gasteiger partial charge on any atom is 0.135 e. The molecule has 1 aromatic heterocycles. The van der Waals surface area contributed by atoms with Crippen LogP contribution < -0.4 is 0 Å². The third kappa shape index (κ3) is 3.39. The zero-order chi connectivity index (χ0) is 12.3. The number of carbonyl (C=O) groups is 1. The minimum absolute atomic E-state index is 0.124. The van der Waals surface area contributed by atoms with Gasteiger partial charge in [-0.05, 0) is 24.6 Å². The fourth-order valence-corrected chi connectivity index (χ4v) is 2.44. The summed E-state index contributed by atoms with van der Waals surface area (Å²) < 4.78 is 0. The fraction of sp³-hybridized carbons (Fsp3) is 0.231. The van der Waals surface area contributed by atoms with Gasteiger partial charge in [0.1, 0.15) is 11.5 Å². The molecule has 1 heterocycles. The summed E-state index contributed by atoms with van der Waals surface area (Å²) in [5.74, 6) is 0.391. The van der Waals surface area contributed by atoms with Crippen molar-refractivity contribution in [3.8, 4) is 5.75 Å². The van der Waals surface area contributed by atoms with E-state index in [2.05, 4.69) is 4.98 Å². The van der Waals surface area contributed by atoms with Crippen molar-refractivity contribution in [2.75, 3.05) is 0 Å². The molecule has 1 aromatic carbocycles. The number of rotatable bonds is 4. The minimum atomic E-state index is 0.124. The monoisotopic (exact) mass is 247 g/mol. The van der Waals surface area contributed by atoms with Gasteiger partial charge in [0.25, 0.3) is 0 Å². The van der Waals surface area contributed by atoms with Crippen LogP contribution in [0.4, 0.5) is 0 Å². The molecule has 17 heavy (non-hydrogen) atoms. The quantitative estimate of drug-likeness (QED) is 0.903. The minimum Gasteiger partial charge on any atom is -0.508 e. The molecule has 0 radical (unpaired) electrons. The SMILES string of the molecule is CC(=O)Cc1csc(Cc2cccc(O)c2)n1. The molecular weight excluding hydrogens is 234 g/mol.